The van der Waals surface area contributed by atoms with E-state index in [-0.39, 0.29) is 17.3 Å². The van der Waals surface area contributed by atoms with E-state index in [1.54, 1.807) is 24.3 Å². The van der Waals surface area contributed by atoms with E-state index in [0.29, 0.717) is 50.6 Å². The average Bonchev–Trinajstić information content (AvgIpc) is 3.55. The Morgan fingerprint density at radius 2 is 1.82 bits per heavy atom. The summed E-state index contributed by atoms with van der Waals surface area (Å²) in [5.74, 6) is -0.274. The van der Waals surface area contributed by atoms with Gasteiger partial charge < -0.3 is 4.74 Å². The Morgan fingerprint density at radius 3 is 2.56 bits per heavy atom. The molecule has 196 valence electrons. The lowest BCUT2D eigenvalue weighted by molar-refractivity contribution is -0.140. The molecular weight excluding hydrogens is 552 g/mol. The predicted molar refractivity (Wildman–Crippen MR) is 154 cm³/mol. The fraction of sp³-hybridized carbons (Fsp3) is 0.133. The van der Waals surface area contributed by atoms with E-state index in [1.807, 2.05) is 47.8 Å². The van der Waals surface area contributed by atoms with Crippen molar-refractivity contribution in [3.05, 3.63) is 99.7 Å². The van der Waals surface area contributed by atoms with Crippen molar-refractivity contribution in [2.24, 2.45) is 0 Å². The third-order valence-corrected chi connectivity index (χ3v) is 9.29. The zero-order valence-corrected chi connectivity index (χ0v) is 23.3. The minimum absolute atomic E-state index is 0.0977. The molecule has 0 spiro atoms. The molecule has 5 aromatic rings. The van der Waals surface area contributed by atoms with Crippen LogP contribution in [0.15, 0.2) is 89.1 Å². The number of esters is 1. The van der Waals surface area contributed by atoms with Crippen LogP contribution in [0.3, 0.4) is 0 Å². The highest BCUT2D eigenvalue weighted by molar-refractivity contribution is 7.90. The molecule has 0 atom stereocenters. The second-order valence-corrected chi connectivity index (χ2v) is 12.0. The number of carbonyl (C=O) groups is 1. The van der Waals surface area contributed by atoms with Crippen LogP contribution < -0.4 is 0 Å². The Morgan fingerprint density at radius 1 is 1.05 bits per heavy atom. The summed E-state index contributed by atoms with van der Waals surface area (Å²) in [5.41, 5.74) is 3.96. The summed E-state index contributed by atoms with van der Waals surface area (Å²) in [6.45, 7) is 0. The van der Waals surface area contributed by atoms with E-state index < -0.39 is 10.0 Å². The fourth-order valence-electron chi connectivity index (χ4n) is 4.71. The number of ether oxygens (including phenoxy) is 1. The average molecular weight is 575 g/mol. The number of hydrogen-bond donors (Lipinski definition) is 0. The number of benzene rings is 3. The smallest absolute Gasteiger partial charge is 0.305 e. The molecule has 9 heteroatoms. The molecule has 5 rings (SSSR count). The highest BCUT2D eigenvalue weighted by Gasteiger charge is 2.29. The molecule has 0 N–H and O–H groups in total. The van der Waals surface area contributed by atoms with Crippen LogP contribution in [0.1, 0.15) is 23.3 Å². The second kappa shape index (κ2) is 11.1. The minimum Gasteiger partial charge on any atom is -0.469 e. The summed E-state index contributed by atoms with van der Waals surface area (Å²) in [6.07, 6.45) is 1.50. The maximum Gasteiger partial charge on any atom is 0.305 e. The summed E-state index contributed by atoms with van der Waals surface area (Å²) < 4.78 is 34.6. The van der Waals surface area contributed by atoms with Crippen LogP contribution in [0.4, 0.5) is 0 Å². The number of fused-ring (bicyclic) bond motifs is 1. The van der Waals surface area contributed by atoms with Gasteiger partial charge in [0.05, 0.1) is 23.2 Å². The Bertz CT molecular complexity index is 1830. The van der Waals surface area contributed by atoms with Gasteiger partial charge in [0, 0.05) is 33.5 Å². The number of para-hydroxylation sites is 1. The summed E-state index contributed by atoms with van der Waals surface area (Å²) in [5, 5.41) is 12.9. The molecule has 0 radical (unpaired) electrons. The first kappa shape index (κ1) is 26.7. The summed E-state index contributed by atoms with van der Waals surface area (Å²) >= 11 is 7.38. The van der Waals surface area contributed by atoms with Crippen molar-refractivity contribution >= 4 is 49.8 Å². The molecule has 2 heterocycles. The molecule has 0 amide bonds. The molecule has 0 aliphatic carbocycles. The van der Waals surface area contributed by atoms with Gasteiger partial charge in [-0.3, -0.25) is 4.79 Å². The van der Waals surface area contributed by atoms with E-state index >= 15 is 0 Å². The summed E-state index contributed by atoms with van der Waals surface area (Å²) in [4.78, 5) is 12.2. The monoisotopic (exact) mass is 574 g/mol. The number of nitriles is 1. The highest BCUT2D eigenvalue weighted by Crippen LogP contribution is 2.45. The number of rotatable bonds is 8. The number of hydrogen-bond acceptors (Lipinski definition) is 6. The molecule has 0 aliphatic heterocycles. The number of thiophene rings is 1. The second-order valence-electron chi connectivity index (χ2n) is 8.87. The Labute approximate surface area is 235 Å². The lowest BCUT2D eigenvalue weighted by Gasteiger charge is -2.15. The number of methoxy groups -OCH3 is 1. The quantitative estimate of drug-likeness (QED) is 0.181. The molecule has 0 saturated heterocycles. The molecule has 0 aliphatic rings. The molecule has 0 unspecified atom stereocenters. The third-order valence-electron chi connectivity index (χ3n) is 6.49. The standard InChI is InChI=1S/C30H23ClN2O4S2/c1-37-28(34)11-5-7-20-6-4-8-21(18-20)30-29(25-16-17-38-27(25)19-32)24-9-2-3-10-26(24)33(30)39(35,36)23-14-12-22(31)13-15-23/h2-4,6,8-10,12-18H,5,7,11H2,1H3. The van der Waals surface area contributed by atoms with Crippen molar-refractivity contribution in [3.63, 3.8) is 0 Å². The Kier molecular flexibility index (Phi) is 7.58. The maximum atomic E-state index is 14.3. The van der Waals surface area contributed by atoms with Gasteiger partial charge in [0.15, 0.2) is 0 Å². The highest BCUT2D eigenvalue weighted by atomic mass is 35.5. The van der Waals surface area contributed by atoms with Gasteiger partial charge in [-0.1, -0.05) is 48.0 Å². The lowest BCUT2D eigenvalue weighted by atomic mass is 9.97. The van der Waals surface area contributed by atoms with Crippen molar-refractivity contribution in [1.29, 1.82) is 5.26 Å². The topological polar surface area (TPSA) is 89.2 Å². The molecule has 6 nitrogen and oxygen atoms in total. The molecular formula is C30H23ClN2O4S2. The van der Waals surface area contributed by atoms with E-state index in [9.17, 15) is 18.5 Å². The fourth-order valence-corrected chi connectivity index (χ4v) is 7.08. The minimum atomic E-state index is -4.08. The van der Waals surface area contributed by atoms with Gasteiger partial charge in [-0.15, -0.1) is 11.3 Å². The Balaban J connectivity index is 1.80. The molecule has 2 aromatic heterocycles. The van der Waals surface area contributed by atoms with Crippen LogP contribution in [0, 0.1) is 11.3 Å². The van der Waals surface area contributed by atoms with Crippen molar-refractivity contribution < 1.29 is 17.9 Å². The van der Waals surface area contributed by atoms with Gasteiger partial charge in [-0.05, 0) is 66.2 Å². The number of aryl methyl sites for hydroxylation is 1. The zero-order chi connectivity index (χ0) is 27.6. The molecule has 39 heavy (non-hydrogen) atoms. The predicted octanol–water partition coefficient (Wildman–Crippen LogP) is 7.29. The third kappa shape index (κ3) is 5.09. The van der Waals surface area contributed by atoms with E-state index in [0.717, 1.165) is 10.9 Å². The van der Waals surface area contributed by atoms with Crippen LogP contribution in [0.25, 0.3) is 33.3 Å². The van der Waals surface area contributed by atoms with Crippen LogP contribution in [-0.2, 0) is 26.0 Å². The van der Waals surface area contributed by atoms with E-state index in [1.165, 1.54) is 34.6 Å². The lowest BCUT2D eigenvalue weighted by Crippen LogP contribution is -2.14. The zero-order valence-electron chi connectivity index (χ0n) is 20.9. The normalized spacial score (nSPS) is 11.4. The first-order valence-electron chi connectivity index (χ1n) is 12.1. The van der Waals surface area contributed by atoms with Gasteiger partial charge in [0.25, 0.3) is 10.0 Å². The van der Waals surface area contributed by atoms with Crippen LogP contribution >= 0.6 is 22.9 Å². The van der Waals surface area contributed by atoms with E-state index in [4.69, 9.17) is 16.3 Å². The Hall–Kier alpha value is -3.90. The molecule has 3 aromatic carbocycles. The number of aromatic nitrogens is 1. The summed E-state index contributed by atoms with van der Waals surface area (Å²) in [6, 6.07) is 25.1. The molecule has 0 fully saturated rings. The van der Waals surface area contributed by atoms with Gasteiger partial charge in [-0.2, -0.15) is 5.26 Å². The largest absolute Gasteiger partial charge is 0.469 e. The van der Waals surface area contributed by atoms with Crippen molar-refractivity contribution in [2.45, 2.75) is 24.2 Å². The van der Waals surface area contributed by atoms with Crippen molar-refractivity contribution in [1.82, 2.24) is 3.97 Å². The maximum absolute atomic E-state index is 14.3. The van der Waals surface area contributed by atoms with Crippen LogP contribution in [0.5, 0.6) is 0 Å². The number of nitrogens with zero attached hydrogens (tertiary/aromatic N) is 2. The number of halogens is 1. The van der Waals surface area contributed by atoms with Gasteiger partial charge >= 0.3 is 5.97 Å². The van der Waals surface area contributed by atoms with Crippen molar-refractivity contribution in [3.8, 4) is 28.5 Å². The van der Waals surface area contributed by atoms with Crippen molar-refractivity contribution in [2.75, 3.05) is 7.11 Å². The van der Waals surface area contributed by atoms with Gasteiger partial charge in [0.2, 0.25) is 0 Å². The van der Waals surface area contributed by atoms with E-state index in [2.05, 4.69) is 6.07 Å². The SMILES string of the molecule is COC(=O)CCCc1cccc(-c2c(-c3ccsc3C#N)c3ccccc3n2S(=O)(=O)c2ccc(Cl)cc2)c1. The first-order valence-corrected chi connectivity index (χ1v) is 14.8. The van der Waals surface area contributed by atoms with Gasteiger partial charge in [-0.25, -0.2) is 12.4 Å². The number of carbonyl (C=O) groups excluding carboxylic acids is 1. The van der Waals surface area contributed by atoms with Gasteiger partial charge in [0.1, 0.15) is 10.9 Å². The molecule has 0 saturated carbocycles. The summed E-state index contributed by atoms with van der Waals surface area (Å²) in [7, 11) is -2.71. The first-order chi connectivity index (χ1) is 18.8. The van der Waals surface area contributed by atoms with Crippen LogP contribution in [-0.4, -0.2) is 25.5 Å². The molecule has 0 bridgehead atoms. The van der Waals surface area contributed by atoms with Crippen LogP contribution in [0.2, 0.25) is 5.02 Å².